The van der Waals surface area contributed by atoms with Crippen molar-refractivity contribution in [1.29, 1.82) is 0 Å². The topological polar surface area (TPSA) is 119 Å². The van der Waals surface area contributed by atoms with Crippen LogP contribution in [0, 0.1) is 23.2 Å². The summed E-state index contributed by atoms with van der Waals surface area (Å²) in [6, 6.07) is 9.36. The predicted octanol–water partition coefficient (Wildman–Crippen LogP) is 2.58. The maximum Gasteiger partial charge on any atom is 0.236 e. The molecule has 1 saturated heterocycles. The Hall–Kier alpha value is -1.81. The third kappa shape index (κ3) is 3.61. The molecule has 0 spiro atoms. The van der Waals surface area contributed by atoms with Crippen LogP contribution in [-0.4, -0.2) is 50.9 Å². The van der Waals surface area contributed by atoms with Gasteiger partial charge in [-0.1, -0.05) is 29.2 Å². The standard InChI is InChI=1S/C22H32N4O4S/c23-21(28)22-11-15-9-16(12-22)20(17(10-15)13-22)24-19(27)14-25-7-4-8-26(31(25,29)30)18-5-2-1-3-6-18/h1-3,5-6,15-17,20,29-30H,4,7-14H2,(H2,23,28)(H,24,27). The van der Waals surface area contributed by atoms with Gasteiger partial charge in [-0.2, -0.15) is 4.31 Å². The number of nitrogens with two attached hydrogens (primary N) is 1. The lowest BCUT2D eigenvalue weighted by Gasteiger charge is -2.59. The quantitative estimate of drug-likeness (QED) is 0.550. The smallest absolute Gasteiger partial charge is 0.236 e. The van der Waals surface area contributed by atoms with E-state index in [0.29, 0.717) is 19.0 Å². The normalized spacial score (nSPS) is 37.4. The highest BCUT2D eigenvalue weighted by Gasteiger charge is 2.58. The molecule has 5 N–H and O–H groups in total. The molecule has 1 heterocycles. The van der Waals surface area contributed by atoms with Gasteiger partial charge in [0.2, 0.25) is 11.8 Å². The van der Waals surface area contributed by atoms with Gasteiger partial charge in [0, 0.05) is 24.5 Å². The van der Waals surface area contributed by atoms with Crippen molar-refractivity contribution < 1.29 is 18.7 Å². The Balaban J connectivity index is 1.25. The molecule has 1 aromatic rings. The van der Waals surface area contributed by atoms with Gasteiger partial charge in [-0.25, -0.2) is 0 Å². The van der Waals surface area contributed by atoms with Crippen LogP contribution in [-0.2, 0) is 9.59 Å². The molecule has 170 valence electrons. The molecule has 1 aromatic carbocycles. The average molecular weight is 449 g/mol. The zero-order valence-corrected chi connectivity index (χ0v) is 18.5. The van der Waals surface area contributed by atoms with Crippen LogP contribution in [0.4, 0.5) is 5.69 Å². The molecule has 0 radical (unpaired) electrons. The summed E-state index contributed by atoms with van der Waals surface area (Å²) in [5.74, 6) is 0.738. The first-order valence-electron chi connectivity index (χ1n) is 11.2. The molecule has 2 unspecified atom stereocenters. The minimum atomic E-state index is -3.25. The fraction of sp³-hybridized carbons (Fsp3) is 0.636. The van der Waals surface area contributed by atoms with Crippen molar-refractivity contribution >= 4 is 28.5 Å². The fourth-order valence-corrected chi connectivity index (χ4v) is 8.48. The van der Waals surface area contributed by atoms with Gasteiger partial charge in [0.1, 0.15) is 0 Å². The molecule has 2 atom stereocenters. The second kappa shape index (κ2) is 7.65. The van der Waals surface area contributed by atoms with Gasteiger partial charge >= 0.3 is 0 Å². The first-order chi connectivity index (χ1) is 14.8. The number of carbonyl (C=O) groups excluding carboxylic acids is 2. The van der Waals surface area contributed by atoms with E-state index in [9.17, 15) is 18.7 Å². The highest BCUT2D eigenvalue weighted by Crippen LogP contribution is 2.60. The molecular formula is C22H32N4O4S. The number of nitrogens with zero attached hydrogens (tertiary/aromatic N) is 2. The van der Waals surface area contributed by atoms with Crippen LogP contribution in [0.5, 0.6) is 0 Å². The van der Waals surface area contributed by atoms with Crippen LogP contribution in [0.2, 0.25) is 0 Å². The Morgan fingerprint density at radius 1 is 1.10 bits per heavy atom. The van der Waals surface area contributed by atoms with Crippen LogP contribution in [0.1, 0.15) is 38.5 Å². The number of benzene rings is 1. The van der Waals surface area contributed by atoms with Crippen LogP contribution < -0.4 is 15.4 Å². The first-order valence-corrected chi connectivity index (χ1v) is 12.7. The van der Waals surface area contributed by atoms with Crippen LogP contribution in [0.25, 0.3) is 0 Å². The van der Waals surface area contributed by atoms with E-state index in [1.54, 1.807) is 4.31 Å². The average Bonchev–Trinajstić information content (AvgIpc) is 2.72. The Kier molecular flexibility index (Phi) is 5.20. The molecule has 31 heavy (non-hydrogen) atoms. The van der Waals surface area contributed by atoms with Gasteiger partial charge in [0.05, 0.1) is 12.2 Å². The Morgan fingerprint density at radius 2 is 1.77 bits per heavy atom. The molecule has 1 aliphatic heterocycles. The van der Waals surface area contributed by atoms with E-state index in [1.807, 2.05) is 30.3 Å². The molecule has 2 amide bonds. The maximum absolute atomic E-state index is 13.0. The molecule has 9 heteroatoms. The summed E-state index contributed by atoms with van der Waals surface area (Å²) in [5.41, 5.74) is 6.12. The van der Waals surface area contributed by atoms with E-state index >= 15 is 0 Å². The number of rotatable bonds is 5. The summed E-state index contributed by atoms with van der Waals surface area (Å²) < 4.78 is 25.0. The lowest BCUT2D eigenvalue weighted by Crippen LogP contribution is -2.62. The maximum atomic E-state index is 13.0. The largest absolute Gasteiger partial charge is 0.369 e. The third-order valence-corrected chi connectivity index (χ3v) is 9.89. The molecular weight excluding hydrogens is 416 g/mol. The van der Waals surface area contributed by atoms with E-state index in [4.69, 9.17) is 5.73 Å². The molecule has 5 fully saturated rings. The van der Waals surface area contributed by atoms with E-state index < -0.39 is 11.0 Å². The van der Waals surface area contributed by atoms with Crippen molar-refractivity contribution in [3.05, 3.63) is 30.3 Å². The van der Waals surface area contributed by atoms with Crippen molar-refractivity contribution in [1.82, 2.24) is 9.62 Å². The number of hydrogen-bond acceptors (Lipinski definition) is 6. The second-order valence-corrected chi connectivity index (χ2v) is 11.8. The van der Waals surface area contributed by atoms with Gasteiger partial charge in [-0.05, 0) is 68.4 Å². The molecule has 0 aromatic heterocycles. The van der Waals surface area contributed by atoms with Crippen LogP contribution in [0.3, 0.4) is 0 Å². The number of para-hydroxylation sites is 1. The minimum Gasteiger partial charge on any atom is -0.369 e. The van der Waals surface area contributed by atoms with Gasteiger partial charge in [0.15, 0.2) is 0 Å². The van der Waals surface area contributed by atoms with Gasteiger partial charge in [-0.15, -0.1) is 0 Å². The van der Waals surface area contributed by atoms with Gasteiger partial charge in [-0.3, -0.25) is 23.0 Å². The summed E-state index contributed by atoms with van der Waals surface area (Å²) >= 11 is 0. The predicted molar refractivity (Wildman–Crippen MR) is 120 cm³/mol. The van der Waals surface area contributed by atoms with E-state index in [0.717, 1.165) is 44.2 Å². The number of carbonyl (C=O) groups is 2. The van der Waals surface area contributed by atoms with Crippen molar-refractivity contribution in [3.8, 4) is 0 Å². The molecule has 4 bridgehead atoms. The third-order valence-electron chi connectivity index (χ3n) is 7.90. The van der Waals surface area contributed by atoms with Crippen molar-refractivity contribution in [3.63, 3.8) is 0 Å². The zero-order chi connectivity index (χ0) is 21.8. The summed E-state index contributed by atoms with van der Waals surface area (Å²) in [7, 11) is -3.25. The second-order valence-electron chi connectivity index (χ2n) is 9.85. The lowest BCUT2D eigenvalue weighted by molar-refractivity contribution is -0.147. The van der Waals surface area contributed by atoms with Crippen LogP contribution in [0.15, 0.2) is 30.3 Å². The number of anilines is 1. The molecule has 5 aliphatic rings. The van der Waals surface area contributed by atoms with Crippen molar-refractivity contribution in [2.45, 2.75) is 44.6 Å². The van der Waals surface area contributed by atoms with Crippen molar-refractivity contribution in [2.24, 2.45) is 28.9 Å². The van der Waals surface area contributed by atoms with E-state index in [1.165, 1.54) is 4.31 Å². The summed E-state index contributed by atoms with van der Waals surface area (Å²) in [6.07, 6.45) is 5.26. The molecule has 8 nitrogen and oxygen atoms in total. The van der Waals surface area contributed by atoms with E-state index in [2.05, 4.69) is 5.32 Å². The lowest BCUT2D eigenvalue weighted by atomic mass is 9.47. The Bertz CT molecular complexity index is 850. The zero-order valence-electron chi connectivity index (χ0n) is 17.7. The van der Waals surface area contributed by atoms with Gasteiger partial charge in [0.25, 0.3) is 0 Å². The monoisotopic (exact) mass is 448 g/mol. The Morgan fingerprint density at radius 3 is 2.42 bits per heavy atom. The highest BCUT2D eigenvalue weighted by molar-refractivity contribution is 8.23. The van der Waals surface area contributed by atoms with Crippen LogP contribution >= 0.6 is 11.0 Å². The van der Waals surface area contributed by atoms with Gasteiger partial charge < -0.3 is 11.1 Å². The summed E-state index contributed by atoms with van der Waals surface area (Å²) in [6.45, 7) is 0.948. The number of amides is 2. The Labute approximate surface area is 184 Å². The van der Waals surface area contributed by atoms with Crippen molar-refractivity contribution in [2.75, 3.05) is 23.9 Å². The minimum absolute atomic E-state index is 0.0494. The SMILES string of the molecule is NC(=O)C12CC3CC(C1)C(NC(=O)CN1CCCN(c4ccccc4)S1(O)O)C(C3)C2. The van der Waals surface area contributed by atoms with E-state index in [-0.39, 0.29) is 41.7 Å². The summed E-state index contributed by atoms with van der Waals surface area (Å²) in [4.78, 5) is 25.1. The number of nitrogens with one attached hydrogen (secondary N) is 1. The number of primary amides is 1. The first kappa shape index (κ1) is 21.1. The molecule has 6 rings (SSSR count). The highest BCUT2D eigenvalue weighted by atomic mass is 32.3. The molecule has 4 saturated carbocycles. The fourth-order valence-electron chi connectivity index (χ4n) is 6.76. The summed E-state index contributed by atoms with van der Waals surface area (Å²) in [5, 5.41) is 3.20. The number of hydrogen-bond donors (Lipinski definition) is 4. The molecule has 4 aliphatic carbocycles.